The van der Waals surface area contributed by atoms with Crippen molar-refractivity contribution in [3.63, 3.8) is 0 Å². The summed E-state index contributed by atoms with van der Waals surface area (Å²) in [5.74, 6) is -0.935. The summed E-state index contributed by atoms with van der Waals surface area (Å²) < 4.78 is 0. The molecule has 0 aliphatic heterocycles. The minimum absolute atomic E-state index is 0.281. The Morgan fingerprint density at radius 3 is 2.56 bits per heavy atom. The van der Waals surface area contributed by atoms with Crippen LogP contribution in [0.4, 0.5) is 5.69 Å². The van der Waals surface area contributed by atoms with E-state index in [-0.39, 0.29) is 5.56 Å². The fraction of sp³-hybridized carbons (Fsp3) is 0.429. The third kappa shape index (κ3) is 3.09. The van der Waals surface area contributed by atoms with Gasteiger partial charge in [-0.2, -0.15) is 0 Å². The Bertz CT molecular complexity index is 481. The zero-order chi connectivity index (χ0) is 13.9. The molecule has 4 nitrogen and oxygen atoms in total. The fourth-order valence-corrected chi connectivity index (χ4v) is 2.01. The molecule has 1 aromatic heterocycles. The number of pyridine rings is 1. The zero-order valence-corrected chi connectivity index (χ0v) is 11.4. The quantitative estimate of drug-likeness (QED) is 0.814. The highest BCUT2D eigenvalue weighted by molar-refractivity contribution is 5.95. The van der Waals surface area contributed by atoms with Crippen LogP contribution in [0.3, 0.4) is 0 Å². The van der Waals surface area contributed by atoms with E-state index in [9.17, 15) is 9.90 Å². The maximum atomic E-state index is 11.4. The average Bonchev–Trinajstić information content (AvgIpc) is 2.23. The molecule has 0 fully saturated rings. The number of hydrogen-bond acceptors (Lipinski definition) is 3. The first-order valence-corrected chi connectivity index (χ1v) is 5.97. The van der Waals surface area contributed by atoms with E-state index in [4.69, 9.17) is 0 Å². The van der Waals surface area contributed by atoms with Gasteiger partial charge in [0, 0.05) is 18.8 Å². The molecule has 0 saturated carbocycles. The van der Waals surface area contributed by atoms with E-state index in [0.29, 0.717) is 12.2 Å². The van der Waals surface area contributed by atoms with Crippen LogP contribution in [0, 0.1) is 13.8 Å². The SMILES string of the molecule is C=C(C)CN(CC)c1cc(C)nc(C)c1C(=O)O. The van der Waals surface area contributed by atoms with Gasteiger partial charge in [-0.15, -0.1) is 0 Å². The second-order valence-electron chi connectivity index (χ2n) is 4.52. The number of hydrogen-bond donors (Lipinski definition) is 1. The second-order valence-corrected chi connectivity index (χ2v) is 4.52. The summed E-state index contributed by atoms with van der Waals surface area (Å²) in [7, 11) is 0. The Labute approximate surface area is 108 Å². The van der Waals surface area contributed by atoms with Crippen molar-refractivity contribution in [2.75, 3.05) is 18.0 Å². The molecule has 0 spiro atoms. The molecule has 0 atom stereocenters. The van der Waals surface area contributed by atoms with Crippen molar-refractivity contribution in [2.45, 2.75) is 27.7 Å². The summed E-state index contributed by atoms with van der Waals surface area (Å²) in [5, 5.41) is 9.33. The van der Waals surface area contributed by atoms with Crippen LogP contribution >= 0.6 is 0 Å². The summed E-state index contributed by atoms with van der Waals surface area (Å²) in [6.45, 7) is 12.8. The predicted octanol–water partition coefficient (Wildman–Crippen LogP) is 2.80. The number of aromatic nitrogens is 1. The van der Waals surface area contributed by atoms with Crippen molar-refractivity contribution in [3.8, 4) is 0 Å². The van der Waals surface area contributed by atoms with Gasteiger partial charge in [0.1, 0.15) is 5.56 Å². The highest BCUT2D eigenvalue weighted by Crippen LogP contribution is 2.24. The summed E-state index contributed by atoms with van der Waals surface area (Å²) >= 11 is 0. The van der Waals surface area contributed by atoms with Gasteiger partial charge in [0.25, 0.3) is 0 Å². The lowest BCUT2D eigenvalue weighted by Crippen LogP contribution is -2.27. The van der Waals surface area contributed by atoms with Crippen molar-refractivity contribution >= 4 is 11.7 Å². The van der Waals surface area contributed by atoms with Gasteiger partial charge in [-0.05, 0) is 33.8 Å². The Morgan fingerprint density at radius 1 is 1.50 bits per heavy atom. The largest absolute Gasteiger partial charge is 0.478 e. The molecule has 0 aliphatic rings. The molecule has 0 unspecified atom stereocenters. The zero-order valence-electron chi connectivity index (χ0n) is 11.4. The maximum absolute atomic E-state index is 11.4. The van der Waals surface area contributed by atoms with Gasteiger partial charge >= 0.3 is 5.97 Å². The lowest BCUT2D eigenvalue weighted by molar-refractivity contribution is 0.0696. The minimum Gasteiger partial charge on any atom is -0.478 e. The fourth-order valence-electron chi connectivity index (χ4n) is 2.01. The normalized spacial score (nSPS) is 10.2. The Morgan fingerprint density at radius 2 is 2.11 bits per heavy atom. The van der Waals surface area contributed by atoms with Crippen LogP contribution in [0.5, 0.6) is 0 Å². The highest BCUT2D eigenvalue weighted by atomic mass is 16.4. The molecule has 0 amide bonds. The van der Waals surface area contributed by atoms with Crippen molar-refractivity contribution in [3.05, 3.63) is 35.2 Å². The Hall–Kier alpha value is -1.84. The van der Waals surface area contributed by atoms with Gasteiger partial charge in [0.05, 0.1) is 11.4 Å². The Kier molecular flexibility index (Phi) is 4.48. The second kappa shape index (κ2) is 5.67. The van der Waals surface area contributed by atoms with Gasteiger partial charge in [-0.25, -0.2) is 4.79 Å². The minimum atomic E-state index is -0.935. The topological polar surface area (TPSA) is 53.4 Å². The molecule has 1 N–H and O–H groups in total. The van der Waals surface area contributed by atoms with Crippen LogP contribution in [-0.2, 0) is 0 Å². The third-order valence-electron chi connectivity index (χ3n) is 2.70. The molecular formula is C14H20N2O2. The summed E-state index contributed by atoms with van der Waals surface area (Å²) in [6.07, 6.45) is 0. The van der Waals surface area contributed by atoms with Crippen LogP contribution in [0.1, 0.15) is 35.6 Å². The number of carboxylic acid groups (broad SMARTS) is 1. The van der Waals surface area contributed by atoms with Crippen LogP contribution in [-0.4, -0.2) is 29.1 Å². The lowest BCUT2D eigenvalue weighted by atomic mass is 10.1. The number of aromatic carboxylic acids is 1. The van der Waals surface area contributed by atoms with Crippen molar-refractivity contribution in [1.82, 2.24) is 4.98 Å². The van der Waals surface area contributed by atoms with E-state index in [1.54, 1.807) is 6.92 Å². The number of carboxylic acids is 1. The molecule has 1 aromatic rings. The highest BCUT2D eigenvalue weighted by Gasteiger charge is 2.19. The lowest BCUT2D eigenvalue weighted by Gasteiger charge is -2.25. The van der Waals surface area contributed by atoms with Gasteiger partial charge in [-0.3, -0.25) is 4.98 Å². The van der Waals surface area contributed by atoms with E-state index in [0.717, 1.165) is 23.5 Å². The first-order valence-electron chi connectivity index (χ1n) is 5.97. The summed E-state index contributed by atoms with van der Waals surface area (Å²) in [6, 6.07) is 1.82. The van der Waals surface area contributed by atoms with E-state index >= 15 is 0 Å². The molecule has 0 bridgehead atoms. The summed E-state index contributed by atoms with van der Waals surface area (Å²) in [5.41, 5.74) is 3.38. The van der Waals surface area contributed by atoms with Crippen LogP contribution in [0.25, 0.3) is 0 Å². The third-order valence-corrected chi connectivity index (χ3v) is 2.70. The number of carbonyl (C=O) groups is 1. The number of likely N-dealkylation sites (N-methyl/N-ethyl adjacent to an activating group) is 1. The number of anilines is 1. The standard InChI is InChI=1S/C14H20N2O2/c1-6-16(8-9(2)3)12-7-10(4)15-11(5)13(12)14(17)18/h7H,2,6,8H2,1,3-5H3,(H,17,18). The van der Waals surface area contributed by atoms with Crippen molar-refractivity contribution in [1.29, 1.82) is 0 Å². The van der Waals surface area contributed by atoms with Crippen LogP contribution in [0.2, 0.25) is 0 Å². The summed E-state index contributed by atoms with van der Waals surface area (Å²) in [4.78, 5) is 17.6. The smallest absolute Gasteiger partial charge is 0.339 e. The molecule has 1 rings (SSSR count). The number of rotatable bonds is 5. The number of nitrogens with zero attached hydrogens (tertiary/aromatic N) is 2. The van der Waals surface area contributed by atoms with Gasteiger partial charge < -0.3 is 10.0 Å². The molecule has 18 heavy (non-hydrogen) atoms. The first kappa shape index (κ1) is 14.2. The van der Waals surface area contributed by atoms with Gasteiger partial charge in [0.15, 0.2) is 0 Å². The van der Waals surface area contributed by atoms with E-state index in [2.05, 4.69) is 11.6 Å². The molecule has 4 heteroatoms. The van der Waals surface area contributed by atoms with Crippen molar-refractivity contribution < 1.29 is 9.90 Å². The van der Waals surface area contributed by atoms with Crippen LogP contribution < -0.4 is 4.90 Å². The van der Waals surface area contributed by atoms with Crippen molar-refractivity contribution in [2.24, 2.45) is 0 Å². The van der Waals surface area contributed by atoms with E-state index in [1.165, 1.54) is 0 Å². The molecule has 0 radical (unpaired) electrons. The van der Waals surface area contributed by atoms with E-state index < -0.39 is 5.97 Å². The first-order chi connectivity index (χ1) is 8.36. The monoisotopic (exact) mass is 248 g/mol. The predicted molar refractivity (Wildman–Crippen MR) is 73.4 cm³/mol. The number of aryl methyl sites for hydroxylation is 2. The molecule has 0 saturated heterocycles. The average molecular weight is 248 g/mol. The molecule has 0 aromatic carbocycles. The molecule has 0 aliphatic carbocycles. The van der Waals surface area contributed by atoms with E-state index in [1.807, 2.05) is 31.7 Å². The maximum Gasteiger partial charge on any atom is 0.339 e. The van der Waals surface area contributed by atoms with Gasteiger partial charge in [0.2, 0.25) is 0 Å². The Balaban J connectivity index is 3.35. The van der Waals surface area contributed by atoms with Crippen LogP contribution in [0.15, 0.2) is 18.2 Å². The van der Waals surface area contributed by atoms with Gasteiger partial charge in [-0.1, -0.05) is 12.2 Å². The molecular weight excluding hydrogens is 228 g/mol. The molecule has 98 valence electrons. The molecule has 1 heterocycles.